The Morgan fingerprint density at radius 1 is 1.12 bits per heavy atom. The molecule has 2 N–H and O–H groups in total. The molecule has 1 amide bonds. The first-order valence-corrected chi connectivity index (χ1v) is 8.14. The van der Waals surface area contributed by atoms with E-state index in [4.69, 9.17) is 10.5 Å². The van der Waals surface area contributed by atoms with Crippen molar-refractivity contribution in [3.8, 4) is 17.1 Å². The minimum absolute atomic E-state index is 0.0577. The Hall–Kier alpha value is -3.29. The summed E-state index contributed by atoms with van der Waals surface area (Å²) >= 11 is 0. The van der Waals surface area contributed by atoms with Crippen LogP contribution in [0.1, 0.15) is 24.2 Å². The highest BCUT2D eigenvalue weighted by Gasteiger charge is 2.14. The van der Waals surface area contributed by atoms with Gasteiger partial charge in [0.2, 0.25) is 11.8 Å². The fourth-order valence-corrected chi connectivity index (χ4v) is 2.38. The Balaban J connectivity index is 2.03. The summed E-state index contributed by atoms with van der Waals surface area (Å²) in [4.78, 5) is 30.7. The maximum atomic E-state index is 12.0. The lowest BCUT2D eigenvalue weighted by Crippen LogP contribution is -2.21. The number of hydrogen-bond acceptors (Lipinski definition) is 7. The highest BCUT2D eigenvalue weighted by Crippen LogP contribution is 2.25. The summed E-state index contributed by atoms with van der Waals surface area (Å²) in [6.45, 7) is 3.78. The van der Waals surface area contributed by atoms with Gasteiger partial charge < -0.3 is 15.4 Å². The largest absolute Gasteiger partial charge is 0.473 e. The number of benzene rings is 1. The van der Waals surface area contributed by atoms with Gasteiger partial charge in [-0.05, 0) is 26.0 Å². The average molecular weight is 352 g/mol. The molecule has 1 aromatic carbocycles. The quantitative estimate of drug-likeness (QED) is 0.766. The Labute approximate surface area is 151 Å². The third kappa shape index (κ3) is 3.53. The van der Waals surface area contributed by atoms with Crippen LogP contribution in [0.15, 0.2) is 30.5 Å². The standard InChI is InChI=1S/C18H20N6O2/c1-10(2)26-16-14-15(22-18(19)23-16)20-9-13(21-14)11-5-7-12(8-6-11)17(25)24(3)4/h5-10H,1-4H3,(H2,19,20,22,23). The third-order valence-electron chi connectivity index (χ3n) is 3.57. The number of carbonyl (C=O) groups excluding carboxylic acids is 1. The Morgan fingerprint density at radius 3 is 2.42 bits per heavy atom. The van der Waals surface area contributed by atoms with Gasteiger partial charge in [-0.15, -0.1) is 0 Å². The van der Waals surface area contributed by atoms with E-state index in [1.54, 1.807) is 32.4 Å². The molecule has 0 saturated carbocycles. The van der Waals surface area contributed by atoms with Crippen molar-refractivity contribution in [2.24, 2.45) is 0 Å². The van der Waals surface area contributed by atoms with Gasteiger partial charge in [-0.2, -0.15) is 9.97 Å². The van der Waals surface area contributed by atoms with Crippen molar-refractivity contribution in [2.45, 2.75) is 20.0 Å². The maximum absolute atomic E-state index is 12.0. The average Bonchev–Trinajstić information content (AvgIpc) is 2.60. The minimum atomic E-state index is -0.0886. The topological polar surface area (TPSA) is 107 Å². The third-order valence-corrected chi connectivity index (χ3v) is 3.57. The molecule has 0 atom stereocenters. The highest BCUT2D eigenvalue weighted by molar-refractivity contribution is 5.94. The zero-order chi connectivity index (χ0) is 18.8. The van der Waals surface area contributed by atoms with Crippen molar-refractivity contribution >= 4 is 23.0 Å². The van der Waals surface area contributed by atoms with Crippen molar-refractivity contribution in [3.05, 3.63) is 36.0 Å². The molecule has 0 aliphatic rings. The predicted molar refractivity (Wildman–Crippen MR) is 98.8 cm³/mol. The van der Waals surface area contributed by atoms with E-state index < -0.39 is 0 Å². The summed E-state index contributed by atoms with van der Waals surface area (Å²) in [5.74, 6) is 0.329. The monoisotopic (exact) mass is 352 g/mol. The first-order chi connectivity index (χ1) is 12.3. The number of fused-ring (bicyclic) bond motifs is 1. The van der Waals surface area contributed by atoms with Gasteiger partial charge in [0.1, 0.15) is 0 Å². The summed E-state index contributed by atoms with van der Waals surface area (Å²) in [6.07, 6.45) is 1.52. The molecule has 0 aliphatic carbocycles. The molecule has 0 radical (unpaired) electrons. The molecule has 0 fully saturated rings. The molecule has 0 spiro atoms. The highest BCUT2D eigenvalue weighted by atomic mass is 16.5. The van der Waals surface area contributed by atoms with E-state index in [-0.39, 0.29) is 18.0 Å². The zero-order valence-electron chi connectivity index (χ0n) is 15.1. The van der Waals surface area contributed by atoms with Gasteiger partial charge in [0, 0.05) is 25.2 Å². The second-order valence-corrected chi connectivity index (χ2v) is 6.26. The second-order valence-electron chi connectivity index (χ2n) is 6.26. The number of anilines is 1. The molecule has 0 saturated heterocycles. The Morgan fingerprint density at radius 2 is 1.81 bits per heavy atom. The van der Waals surface area contributed by atoms with Crippen molar-refractivity contribution in [2.75, 3.05) is 19.8 Å². The molecular weight excluding hydrogens is 332 g/mol. The first-order valence-electron chi connectivity index (χ1n) is 8.14. The molecule has 2 aromatic heterocycles. The van der Waals surface area contributed by atoms with Crippen molar-refractivity contribution in [1.82, 2.24) is 24.8 Å². The van der Waals surface area contributed by atoms with Gasteiger partial charge in [-0.3, -0.25) is 4.79 Å². The Bertz CT molecular complexity index is 954. The van der Waals surface area contributed by atoms with E-state index >= 15 is 0 Å². The van der Waals surface area contributed by atoms with E-state index in [9.17, 15) is 4.79 Å². The van der Waals surface area contributed by atoms with Gasteiger partial charge in [0.05, 0.1) is 18.0 Å². The summed E-state index contributed by atoms with van der Waals surface area (Å²) in [7, 11) is 3.43. The summed E-state index contributed by atoms with van der Waals surface area (Å²) in [6, 6.07) is 7.17. The van der Waals surface area contributed by atoms with E-state index in [1.807, 2.05) is 26.0 Å². The molecule has 0 bridgehead atoms. The van der Waals surface area contributed by atoms with Gasteiger partial charge in [0.15, 0.2) is 11.2 Å². The minimum Gasteiger partial charge on any atom is -0.473 e. The van der Waals surface area contributed by atoms with E-state index in [0.717, 1.165) is 5.56 Å². The fourth-order valence-electron chi connectivity index (χ4n) is 2.38. The number of nitrogen functional groups attached to an aromatic ring is 1. The first kappa shape index (κ1) is 17.5. The summed E-state index contributed by atoms with van der Waals surface area (Å²) < 4.78 is 5.69. The predicted octanol–water partition coefficient (Wildman–Crippen LogP) is 2.16. The number of hydrogen-bond donors (Lipinski definition) is 1. The number of nitrogens with zero attached hydrogens (tertiary/aromatic N) is 5. The molecule has 26 heavy (non-hydrogen) atoms. The van der Waals surface area contributed by atoms with Crippen LogP contribution in [0.4, 0.5) is 5.95 Å². The van der Waals surface area contributed by atoms with Crippen LogP contribution < -0.4 is 10.5 Å². The lowest BCUT2D eigenvalue weighted by molar-refractivity contribution is 0.0827. The lowest BCUT2D eigenvalue weighted by Gasteiger charge is -2.12. The van der Waals surface area contributed by atoms with Crippen molar-refractivity contribution < 1.29 is 9.53 Å². The SMILES string of the molecule is CC(C)Oc1nc(N)nc2ncc(-c3ccc(C(=O)N(C)C)cc3)nc12. The molecule has 8 heteroatoms. The number of rotatable bonds is 4. The van der Waals surface area contributed by atoms with Gasteiger partial charge >= 0.3 is 0 Å². The van der Waals surface area contributed by atoms with Gasteiger partial charge in [0.25, 0.3) is 5.91 Å². The molecular formula is C18H20N6O2. The lowest BCUT2D eigenvalue weighted by atomic mass is 10.1. The molecule has 2 heterocycles. The number of aromatic nitrogens is 4. The fraction of sp³-hybridized carbons (Fsp3) is 0.278. The summed E-state index contributed by atoms with van der Waals surface area (Å²) in [5.41, 5.74) is 8.58. The van der Waals surface area contributed by atoms with Crippen LogP contribution in [-0.4, -0.2) is 50.9 Å². The molecule has 3 aromatic rings. The number of ether oxygens (including phenoxy) is 1. The summed E-state index contributed by atoms with van der Waals surface area (Å²) in [5, 5.41) is 0. The molecule has 134 valence electrons. The van der Waals surface area contributed by atoms with E-state index in [1.165, 1.54) is 4.90 Å². The molecule has 0 unspecified atom stereocenters. The van der Waals surface area contributed by atoms with Crippen LogP contribution in [-0.2, 0) is 0 Å². The van der Waals surface area contributed by atoms with Crippen LogP contribution in [0.3, 0.4) is 0 Å². The zero-order valence-corrected chi connectivity index (χ0v) is 15.1. The number of carbonyl (C=O) groups is 1. The van der Waals surface area contributed by atoms with Crippen molar-refractivity contribution in [3.63, 3.8) is 0 Å². The van der Waals surface area contributed by atoms with Gasteiger partial charge in [-0.1, -0.05) is 12.1 Å². The van der Waals surface area contributed by atoms with E-state index in [0.29, 0.717) is 28.3 Å². The van der Waals surface area contributed by atoms with Crippen LogP contribution >= 0.6 is 0 Å². The second kappa shape index (κ2) is 6.91. The molecule has 8 nitrogen and oxygen atoms in total. The van der Waals surface area contributed by atoms with Gasteiger partial charge in [-0.25, -0.2) is 9.97 Å². The number of amides is 1. The normalized spacial score (nSPS) is 11.0. The van der Waals surface area contributed by atoms with E-state index in [2.05, 4.69) is 19.9 Å². The molecule has 3 rings (SSSR count). The number of nitrogens with two attached hydrogens (primary N) is 1. The maximum Gasteiger partial charge on any atom is 0.253 e. The Kier molecular flexibility index (Phi) is 4.66. The van der Waals surface area contributed by atoms with Crippen LogP contribution in [0.2, 0.25) is 0 Å². The molecule has 0 aliphatic heterocycles. The smallest absolute Gasteiger partial charge is 0.253 e. The van der Waals surface area contributed by atoms with Crippen LogP contribution in [0, 0.1) is 0 Å². The van der Waals surface area contributed by atoms with Crippen LogP contribution in [0.25, 0.3) is 22.4 Å². The van der Waals surface area contributed by atoms with Crippen LogP contribution in [0.5, 0.6) is 5.88 Å². The van der Waals surface area contributed by atoms with Crippen molar-refractivity contribution in [1.29, 1.82) is 0 Å².